The van der Waals surface area contributed by atoms with Gasteiger partial charge in [-0.25, -0.2) is 23.1 Å². The Morgan fingerprint density at radius 2 is 1.77 bits per heavy atom. The highest BCUT2D eigenvalue weighted by atomic mass is 32.2. The molecular formula is C32H36FN5O4S. The van der Waals surface area contributed by atoms with E-state index in [9.17, 15) is 17.6 Å². The van der Waals surface area contributed by atoms with E-state index in [0.29, 0.717) is 17.7 Å². The van der Waals surface area contributed by atoms with Crippen molar-refractivity contribution in [3.8, 4) is 17.1 Å². The van der Waals surface area contributed by atoms with E-state index in [1.54, 1.807) is 23.1 Å². The number of hydrogen-bond donors (Lipinski definition) is 1. The van der Waals surface area contributed by atoms with Crippen molar-refractivity contribution >= 4 is 21.9 Å². The molecule has 0 saturated heterocycles. The average Bonchev–Trinajstić information content (AvgIpc) is 2.93. The monoisotopic (exact) mass is 605 g/mol. The van der Waals surface area contributed by atoms with Crippen molar-refractivity contribution in [1.29, 1.82) is 0 Å². The third kappa shape index (κ3) is 6.99. The number of aromatic nitrogens is 3. The van der Waals surface area contributed by atoms with Crippen LogP contribution in [-0.2, 0) is 16.6 Å². The number of ether oxygens (including phenoxy) is 1. The maximum Gasteiger partial charge on any atom is 0.264 e. The minimum absolute atomic E-state index is 0. The average molecular weight is 606 g/mol. The highest BCUT2D eigenvalue weighted by Gasteiger charge is 2.31. The Kier molecular flexibility index (Phi) is 8.20. The van der Waals surface area contributed by atoms with Gasteiger partial charge < -0.3 is 9.64 Å². The summed E-state index contributed by atoms with van der Waals surface area (Å²) in [5.41, 5.74) is 3.84. The van der Waals surface area contributed by atoms with Gasteiger partial charge in [-0.3, -0.25) is 4.79 Å². The van der Waals surface area contributed by atoms with E-state index in [-0.39, 0.29) is 42.3 Å². The Bertz CT molecular complexity index is 1760. The molecule has 1 atom stereocenters. The standard InChI is InChI=1S/C32H34FN5O4S.H2/c1-20-8-6-9-21(2)29(20)26-15-28-36-31(35-26)37-43(40,41)25-11-7-10-23(14-25)30(39)38(18-22-12-13-27(33)34-17-22)24(19-42-28)16-32(3,4)5;/h6-15,17,24H,16,18-19H2,1-5H3,(H,35,36,37);1H/t24-;/m1./s1. The molecule has 43 heavy (non-hydrogen) atoms. The molecule has 0 spiro atoms. The summed E-state index contributed by atoms with van der Waals surface area (Å²) in [5.74, 6) is -1.01. The summed E-state index contributed by atoms with van der Waals surface area (Å²) in [5, 5.41) is 0. The van der Waals surface area contributed by atoms with Crippen LogP contribution in [0.4, 0.5) is 10.3 Å². The summed E-state index contributed by atoms with van der Waals surface area (Å²) in [6, 6.07) is 15.7. The zero-order valence-electron chi connectivity index (χ0n) is 24.8. The molecule has 1 aliphatic heterocycles. The molecule has 1 amide bonds. The quantitative estimate of drug-likeness (QED) is 0.276. The molecule has 0 fully saturated rings. The van der Waals surface area contributed by atoms with Gasteiger partial charge >= 0.3 is 0 Å². The SMILES string of the molecule is Cc1cccc(C)c1-c1cc2nc(n1)NS(=O)(=O)c1cccc(c1)C(=O)N(Cc1ccc(F)nc1)[C@H](CC(C)(C)C)CO2.[HH]. The second kappa shape index (κ2) is 11.7. The van der Waals surface area contributed by atoms with E-state index >= 15 is 0 Å². The number of rotatable bonds is 4. The number of fused-ring (bicyclic) bond motifs is 4. The number of sulfonamides is 1. The molecule has 0 radical (unpaired) electrons. The van der Waals surface area contributed by atoms with Crippen LogP contribution in [0.25, 0.3) is 11.3 Å². The Labute approximate surface area is 252 Å². The third-order valence-corrected chi connectivity index (χ3v) is 8.50. The first-order chi connectivity index (χ1) is 20.3. The largest absolute Gasteiger partial charge is 0.475 e. The van der Waals surface area contributed by atoms with E-state index in [1.165, 1.54) is 30.5 Å². The Morgan fingerprint density at radius 1 is 1.05 bits per heavy atom. The second-order valence-electron chi connectivity index (χ2n) is 12.0. The molecule has 3 heterocycles. The van der Waals surface area contributed by atoms with Crippen molar-refractivity contribution in [3.05, 3.63) is 95.1 Å². The fourth-order valence-electron chi connectivity index (χ4n) is 5.24. The van der Waals surface area contributed by atoms with Gasteiger partial charge in [-0.05, 0) is 66.6 Å². The lowest BCUT2D eigenvalue weighted by atomic mass is 9.87. The zero-order chi connectivity index (χ0) is 30.9. The number of hydrogen-bond acceptors (Lipinski definition) is 7. The Hall–Kier alpha value is -4.38. The molecule has 1 aliphatic rings. The van der Waals surface area contributed by atoms with Crippen LogP contribution in [0.3, 0.4) is 0 Å². The molecule has 4 aromatic rings. The number of nitrogens with zero attached hydrogens (tertiary/aromatic N) is 4. The van der Waals surface area contributed by atoms with Crippen LogP contribution in [0.2, 0.25) is 0 Å². The van der Waals surface area contributed by atoms with E-state index in [4.69, 9.17) is 4.74 Å². The summed E-state index contributed by atoms with van der Waals surface area (Å²) >= 11 is 0. The highest BCUT2D eigenvalue weighted by Crippen LogP contribution is 2.31. The lowest BCUT2D eigenvalue weighted by Gasteiger charge is -2.35. The minimum Gasteiger partial charge on any atom is -0.475 e. The fourth-order valence-corrected chi connectivity index (χ4v) is 6.23. The minimum atomic E-state index is -4.18. The normalized spacial score (nSPS) is 16.7. The molecule has 1 N–H and O–H groups in total. The molecule has 9 nitrogen and oxygen atoms in total. The topological polar surface area (TPSA) is 114 Å². The number of aryl methyl sites for hydroxylation is 2. The maximum absolute atomic E-state index is 14.1. The maximum atomic E-state index is 14.1. The third-order valence-electron chi connectivity index (χ3n) is 7.17. The smallest absolute Gasteiger partial charge is 0.264 e. The molecule has 226 valence electrons. The van der Waals surface area contributed by atoms with Gasteiger partial charge in [-0.2, -0.15) is 9.37 Å². The van der Waals surface area contributed by atoms with E-state index < -0.39 is 27.9 Å². The number of pyridine rings is 1. The van der Waals surface area contributed by atoms with Crippen LogP contribution < -0.4 is 9.46 Å². The predicted molar refractivity (Wildman–Crippen MR) is 164 cm³/mol. The first-order valence-electron chi connectivity index (χ1n) is 13.9. The molecule has 11 heteroatoms. The van der Waals surface area contributed by atoms with Crippen molar-refractivity contribution in [3.63, 3.8) is 0 Å². The predicted octanol–water partition coefficient (Wildman–Crippen LogP) is 6.18. The summed E-state index contributed by atoms with van der Waals surface area (Å²) in [6.07, 6.45) is 1.93. The van der Waals surface area contributed by atoms with Gasteiger partial charge in [0.05, 0.1) is 16.6 Å². The number of carbonyl (C=O) groups excluding carboxylic acids is 1. The highest BCUT2D eigenvalue weighted by molar-refractivity contribution is 7.92. The summed E-state index contributed by atoms with van der Waals surface area (Å²) in [6.45, 7) is 10.3. The molecule has 0 aliphatic carbocycles. The van der Waals surface area contributed by atoms with Gasteiger partial charge in [0.2, 0.25) is 17.8 Å². The van der Waals surface area contributed by atoms with Gasteiger partial charge in [0.25, 0.3) is 15.9 Å². The van der Waals surface area contributed by atoms with Crippen molar-refractivity contribution in [1.82, 2.24) is 19.9 Å². The first kappa shape index (κ1) is 30.1. The lowest BCUT2D eigenvalue weighted by Crippen LogP contribution is -2.45. The Balaban J connectivity index is 0.00000442. The number of benzene rings is 2. The molecule has 2 aromatic heterocycles. The lowest BCUT2D eigenvalue weighted by molar-refractivity contribution is 0.0512. The van der Waals surface area contributed by atoms with Crippen molar-refractivity contribution in [2.75, 3.05) is 11.3 Å². The van der Waals surface area contributed by atoms with Crippen molar-refractivity contribution in [2.24, 2.45) is 5.41 Å². The van der Waals surface area contributed by atoms with Crippen LogP contribution in [0.1, 0.15) is 55.7 Å². The Morgan fingerprint density at radius 3 is 2.44 bits per heavy atom. The summed E-state index contributed by atoms with van der Waals surface area (Å²) < 4.78 is 49.4. The van der Waals surface area contributed by atoms with Gasteiger partial charge in [0.1, 0.15) is 6.61 Å². The number of nitrogens with one attached hydrogen (secondary N) is 1. The molecule has 5 rings (SSSR count). The van der Waals surface area contributed by atoms with E-state index in [2.05, 4.69) is 40.4 Å². The molecule has 4 bridgehead atoms. The van der Waals surface area contributed by atoms with Crippen LogP contribution >= 0.6 is 0 Å². The van der Waals surface area contributed by atoms with Crippen LogP contribution in [0.15, 0.2) is 71.8 Å². The molecule has 2 aromatic carbocycles. The second-order valence-corrected chi connectivity index (χ2v) is 13.6. The van der Waals surface area contributed by atoms with Gasteiger partial charge in [-0.15, -0.1) is 0 Å². The van der Waals surface area contributed by atoms with Crippen LogP contribution in [-0.4, -0.2) is 46.8 Å². The number of carbonyl (C=O) groups is 1. The number of halogens is 1. The number of anilines is 1. The number of amides is 1. The van der Waals surface area contributed by atoms with Crippen LogP contribution in [0, 0.1) is 25.2 Å². The van der Waals surface area contributed by atoms with E-state index in [1.807, 2.05) is 32.0 Å². The van der Waals surface area contributed by atoms with Crippen LogP contribution in [0.5, 0.6) is 5.88 Å². The van der Waals surface area contributed by atoms with E-state index in [0.717, 1.165) is 16.7 Å². The van der Waals surface area contributed by atoms with Gasteiger partial charge in [-0.1, -0.05) is 51.1 Å². The molecule has 0 saturated carbocycles. The van der Waals surface area contributed by atoms with Gasteiger partial charge in [0, 0.05) is 31.4 Å². The van der Waals surface area contributed by atoms with Crippen molar-refractivity contribution in [2.45, 2.75) is 58.5 Å². The summed E-state index contributed by atoms with van der Waals surface area (Å²) in [4.78, 5) is 28.4. The molecule has 0 unspecified atom stereocenters. The fraction of sp³-hybridized carbons (Fsp3) is 0.312. The molecular weight excluding hydrogens is 569 g/mol. The summed E-state index contributed by atoms with van der Waals surface area (Å²) in [7, 11) is -4.18. The first-order valence-corrected chi connectivity index (χ1v) is 15.4. The van der Waals surface area contributed by atoms with Gasteiger partial charge in [0.15, 0.2) is 0 Å². The zero-order valence-corrected chi connectivity index (χ0v) is 25.6. The van der Waals surface area contributed by atoms with Crippen molar-refractivity contribution < 1.29 is 23.8 Å².